The summed E-state index contributed by atoms with van der Waals surface area (Å²) in [6.45, 7) is 4.04. The van der Waals surface area contributed by atoms with Crippen molar-refractivity contribution in [1.82, 2.24) is 24.8 Å². The average Bonchev–Trinajstić information content (AvgIpc) is 3.25. The molecule has 2 aromatic heterocycles. The van der Waals surface area contributed by atoms with Crippen molar-refractivity contribution in [3.8, 4) is 0 Å². The van der Waals surface area contributed by atoms with E-state index in [1.165, 1.54) is 32.4 Å². The number of H-pyrrole nitrogens is 1. The second kappa shape index (κ2) is 5.68. The van der Waals surface area contributed by atoms with Crippen molar-refractivity contribution in [3.05, 3.63) is 24.2 Å². The maximum absolute atomic E-state index is 12.7. The minimum Gasteiger partial charge on any atom is -0.343 e. The highest BCUT2D eigenvalue weighted by Crippen LogP contribution is 2.21. The average molecular weight is 299 g/mol. The number of fused-ring (bicyclic) bond motifs is 1. The maximum Gasteiger partial charge on any atom is 0.272 e. The summed E-state index contributed by atoms with van der Waals surface area (Å²) in [6, 6.07) is 4.20. The molecule has 2 saturated heterocycles. The first-order valence-electron chi connectivity index (χ1n) is 8.15. The summed E-state index contributed by atoms with van der Waals surface area (Å²) in [7, 11) is 0. The Kier molecular flexibility index (Phi) is 3.54. The van der Waals surface area contributed by atoms with E-state index in [0.717, 1.165) is 25.0 Å². The third-order valence-electron chi connectivity index (χ3n) is 4.84. The molecule has 2 fully saturated rings. The number of carbonyl (C=O) groups excluding carboxylic acids is 1. The fourth-order valence-electron chi connectivity index (χ4n) is 3.65. The van der Waals surface area contributed by atoms with Crippen LogP contribution in [0.2, 0.25) is 0 Å². The monoisotopic (exact) mass is 299 g/mol. The summed E-state index contributed by atoms with van der Waals surface area (Å²) in [5.41, 5.74) is 1.98. The van der Waals surface area contributed by atoms with Gasteiger partial charge < -0.3 is 9.88 Å². The van der Waals surface area contributed by atoms with Gasteiger partial charge in [0.05, 0.1) is 11.8 Å². The lowest BCUT2D eigenvalue weighted by atomic mass is 10.0. The number of rotatable bonds is 2. The van der Waals surface area contributed by atoms with Crippen molar-refractivity contribution >= 4 is 17.1 Å². The van der Waals surface area contributed by atoms with Gasteiger partial charge in [-0.2, -0.15) is 0 Å². The molecule has 22 heavy (non-hydrogen) atoms. The molecule has 1 amide bonds. The SMILES string of the molecule is O=C(c1ccc2[nH]cnc2n1)N1CCCC(N2CCCC2)C1. The highest BCUT2D eigenvalue weighted by atomic mass is 16.2. The van der Waals surface area contributed by atoms with Crippen molar-refractivity contribution in [2.75, 3.05) is 26.2 Å². The van der Waals surface area contributed by atoms with Crippen LogP contribution in [0.25, 0.3) is 11.2 Å². The first-order valence-corrected chi connectivity index (χ1v) is 8.15. The number of piperidine rings is 1. The minimum absolute atomic E-state index is 0.0359. The zero-order valence-electron chi connectivity index (χ0n) is 12.7. The van der Waals surface area contributed by atoms with E-state index in [1.54, 1.807) is 12.4 Å². The Hall–Kier alpha value is -1.95. The van der Waals surface area contributed by atoms with Gasteiger partial charge in [0.15, 0.2) is 5.65 Å². The predicted molar refractivity (Wildman–Crippen MR) is 83.6 cm³/mol. The van der Waals surface area contributed by atoms with E-state index in [9.17, 15) is 4.79 Å². The minimum atomic E-state index is 0.0359. The lowest BCUT2D eigenvalue weighted by Crippen LogP contribution is -2.49. The van der Waals surface area contributed by atoms with E-state index in [0.29, 0.717) is 17.4 Å². The molecule has 0 aromatic carbocycles. The molecule has 1 unspecified atom stereocenters. The van der Waals surface area contributed by atoms with Gasteiger partial charge in [-0.15, -0.1) is 0 Å². The van der Waals surface area contributed by atoms with E-state index in [-0.39, 0.29) is 5.91 Å². The van der Waals surface area contributed by atoms with Crippen LogP contribution in [-0.2, 0) is 0 Å². The molecule has 2 aliphatic heterocycles. The van der Waals surface area contributed by atoms with Gasteiger partial charge in [-0.1, -0.05) is 0 Å². The van der Waals surface area contributed by atoms with Gasteiger partial charge in [-0.25, -0.2) is 9.97 Å². The fraction of sp³-hybridized carbons (Fsp3) is 0.562. The molecule has 2 aromatic rings. The van der Waals surface area contributed by atoms with E-state index < -0.39 is 0 Å². The molecular formula is C16H21N5O. The highest BCUT2D eigenvalue weighted by Gasteiger charge is 2.30. The van der Waals surface area contributed by atoms with Crippen LogP contribution in [0.3, 0.4) is 0 Å². The first kappa shape index (κ1) is 13.7. The van der Waals surface area contributed by atoms with Gasteiger partial charge in [0, 0.05) is 19.1 Å². The number of imidazole rings is 1. The van der Waals surface area contributed by atoms with Crippen LogP contribution in [0.5, 0.6) is 0 Å². The smallest absolute Gasteiger partial charge is 0.272 e. The molecule has 0 bridgehead atoms. The Balaban J connectivity index is 1.51. The first-order chi connectivity index (χ1) is 10.8. The molecule has 4 heterocycles. The zero-order valence-corrected chi connectivity index (χ0v) is 12.7. The molecule has 0 radical (unpaired) electrons. The number of pyridine rings is 1. The van der Waals surface area contributed by atoms with Crippen molar-refractivity contribution in [1.29, 1.82) is 0 Å². The van der Waals surface area contributed by atoms with Crippen molar-refractivity contribution in [2.24, 2.45) is 0 Å². The van der Waals surface area contributed by atoms with Gasteiger partial charge >= 0.3 is 0 Å². The number of hydrogen-bond donors (Lipinski definition) is 1. The van der Waals surface area contributed by atoms with Gasteiger partial charge in [-0.3, -0.25) is 9.69 Å². The predicted octanol–water partition coefficient (Wildman–Crippen LogP) is 1.66. The summed E-state index contributed by atoms with van der Waals surface area (Å²) in [5.74, 6) is 0.0359. The molecule has 2 aliphatic rings. The molecule has 4 rings (SSSR count). The quantitative estimate of drug-likeness (QED) is 0.916. The van der Waals surface area contributed by atoms with Crippen LogP contribution in [-0.4, -0.2) is 62.9 Å². The van der Waals surface area contributed by atoms with Crippen LogP contribution in [0.15, 0.2) is 18.5 Å². The number of nitrogens with zero attached hydrogens (tertiary/aromatic N) is 4. The lowest BCUT2D eigenvalue weighted by Gasteiger charge is -2.37. The standard InChI is InChI=1S/C16H21N5O/c22-16(14-6-5-13-15(19-14)18-11-17-13)21-9-3-4-12(10-21)20-7-1-2-8-20/h5-6,11-12H,1-4,7-10H2,(H,17,18,19). The molecule has 0 saturated carbocycles. The molecule has 6 nitrogen and oxygen atoms in total. The summed E-state index contributed by atoms with van der Waals surface area (Å²) in [6.07, 6.45) is 6.48. The molecule has 0 spiro atoms. The van der Waals surface area contributed by atoms with Gasteiger partial charge in [0.1, 0.15) is 5.69 Å². The Bertz CT molecular complexity index is 676. The number of aromatic nitrogens is 3. The molecule has 0 aliphatic carbocycles. The van der Waals surface area contributed by atoms with Gasteiger partial charge in [-0.05, 0) is 50.9 Å². The number of carbonyl (C=O) groups is 1. The van der Waals surface area contributed by atoms with E-state index in [1.807, 2.05) is 11.0 Å². The fourth-order valence-corrected chi connectivity index (χ4v) is 3.65. The number of amides is 1. The summed E-state index contributed by atoms with van der Waals surface area (Å²) >= 11 is 0. The molecule has 1 N–H and O–H groups in total. The van der Waals surface area contributed by atoms with Gasteiger partial charge in [0.2, 0.25) is 0 Å². The third-order valence-corrected chi connectivity index (χ3v) is 4.84. The number of likely N-dealkylation sites (tertiary alicyclic amines) is 2. The topological polar surface area (TPSA) is 65.1 Å². The van der Waals surface area contributed by atoms with E-state index >= 15 is 0 Å². The highest BCUT2D eigenvalue weighted by molar-refractivity contribution is 5.94. The summed E-state index contributed by atoms with van der Waals surface area (Å²) in [4.78, 5) is 28.8. The second-order valence-electron chi connectivity index (χ2n) is 6.26. The number of aromatic amines is 1. The third kappa shape index (κ3) is 2.47. The van der Waals surface area contributed by atoms with Crippen LogP contribution in [0.1, 0.15) is 36.2 Å². The van der Waals surface area contributed by atoms with Crippen molar-refractivity contribution in [2.45, 2.75) is 31.7 Å². The maximum atomic E-state index is 12.7. The Morgan fingerprint density at radius 1 is 1.18 bits per heavy atom. The van der Waals surface area contributed by atoms with E-state index in [4.69, 9.17) is 0 Å². The van der Waals surface area contributed by atoms with Crippen molar-refractivity contribution < 1.29 is 4.79 Å². The Morgan fingerprint density at radius 2 is 2.05 bits per heavy atom. The van der Waals surface area contributed by atoms with Gasteiger partial charge in [0.25, 0.3) is 5.91 Å². The summed E-state index contributed by atoms with van der Waals surface area (Å²) in [5, 5.41) is 0. The second-order valence-corrected chi connectivity index (χ2v) is 6.26. The molecule has 1 atom stereocenters. The molecule has 6 heteroatoms. The van der Waals surface area contributed by atoms with Crippen LogP contribution < -0.4 is 0 Å². The molecule has 116 valence electrons. The van der Waals surface area contributed by atoms with Crippen molar-refractivity contribution in [3.63, 3.8) is 0 Å². The summed E-state index contributed by atoms with van der Waals surface area (Å²) < 4.78 is 0. The number of nitrogens with one attached hydrogen (secondary N) is 1. The van der Waals surface area contributed by atoms with E-state index in [2.05, 4.69) is 19.9 Å². The zero-order chi connectivity index (χ0) is 14.9. The molecular weight excluding hydrogens is 278 g/mol. The normalized spacial score (nSPS) is 23.3. The Morgan fingerprint density at radius 3 is 2.91 bits per heavy atom. The van der Waals surface area contributed by atoms with Crippen LogP contribution in [0, 0.1) is 0 Å². The largest absolute Gasteiger partial charge is 0.343 e. The number of hydrogen-bond acceptors (Lipinski definition) is 4. The Labute approximate surface area is 129 Å². The van der Waals surface area contributed by atoms with Crippen LogP contribution >= 0.6 is 0 Å². The van der Waals surface area contributed by atoms with Crippen LogP contribution in [0.4, 0.5) is 0 Å². The lowest BCUT2D eigenvalue weighted by molar-refractivity contribution is 0.0602.